The Kier molecular flexibility index (Phi) is 10.7. The van der Waals surface area contributed by atoms with Crippen molar-refractivity contribution in [3.05, 3.63) is 33.1 Å². The number of H-pyrrole nitrogens is 1. The van der Waals surface area contributed by atoms with E-state index in [9.17, 15) is 24.4 Å². The van der Waals surface area contributed by atoms with Gasteiger partial charge in [-0.1, -0.05) is 0 Å². The first kappa shape index (κ1) is 26.8. The molecule has 1 aliphatic heterocycles. The normalized spacial score (nSPS) is 25.3. The summed E-state index contributed by atoms with van der Waals surface area (Å²) in [5.74, 6) is 0. The third-order valence-corrected chi connectivity index (χ3v) is 7.07. The number of aromatic nitrogens is 2. The molecule has 0 radical (unpaired) electrons. The van der Waals surface area contributed by atoms with Gasteiger partial charge in [0, 0.05) is 25.9 Å². The van der Waals surface area contributed by atoms with Gasteiger partial charge in [-0.3, -0.25) is 18.9 Å². The molecule has 1 fully saturated rings. The molecular weight excluding hydrogens is 445 g/mol. The molecule has 2 rings (SSSR count). The van der Waals surface area contributed by atoms with Crippen LogP contribution < -0.4 is 22.7 Å². The highest BCUT2D eigenvalue weighted by atomic mass is 31.2. The maximum atomic E-state index is 13.0. The number of nitrogens with one attached hydrogen (secondary N) is 1. The van der Waals surface area contributed by atoms with Gasteiger partial charge in [0.25, 0.3) is 5.56 Å². The lowest BCUT2D eigenvalue weighted by atomic mass is 10.1. The summed E-state index contributed by atoms with van der Waals surface area (Å²) < 4.78 is 30.1. The van der Waals surface area contributed by atoms with Crippen molar-refractivity contribution < 1.29 is 28.6 Å². The van der Waals surface area contributed by atoms with Crippen LogP contribution in [0.15, 0.2) is 21.9 Å². The van der Waals surface area contributed by atoms with Crippen LogP contribution in [0.1, 0.15) is 19.1 Å². The van der Waals surface area contributed by atoms with Crippen molar-refractivity contribution in [2.24, 2.45) is 11.5 Å². The van der Waals surface area contributed by atoms with Crippen LogP contribution in [0.4, 0.5) is 0 Å². The van der Waals surface area contributed by atoms with Crippen LogP contribution in [0.3, 0.4) is 0 Å². The maximum absolute atomic E-state index is 13.0. The van der Waals surface area contributed by atoms with Crippen LogP contribution in [0.25, 0.3) is 0 Å². The second-order valence-corrected chi connectivity index (χ2v) is 9.80. The smallest absolute Gasteiger partial charge is 0.331 e. The number of aliphatic hydroxyl groups excluding tert-OH is 2. The predicted octanol–water partition coefficient (Wildman–Crippen LogP) is -1.99. The molecule has 0 amide bonds. The van der Waals surface area contributed by atoms with E-state index < -0.39 is 43.4 Å². The zero-order valence-electron chi connectivity index (χ0n) is 18.2. The minimum Gasteiger partial charge on any atom is -0.387 e. The number of ether oxygens (including phenoxy) is 1. The van der Waals surface area contributed by atoms with Crippen LogP contribution in [0.2, 0.25) is 0 Å². The molecule has 0 saturated carbocycles. The molecule has 1 aliphatic rings. The molecule has 14 heteroatoms. The van der Waals surface area contributed by atoms with Crippen LogP contribution in [0, 0.1) is 0 Å². The van der Waals surface area contributed by atoms with Gasteiger partial charge in [-0.05, 0) is 39.0 Å². The third-order valence-electron chi connectivity index (χ3n) is 5.22. The lowest BCUT2D eigenvalue weighted by Gasteiger charge is -2.25. The minimum atomic E-state index is -3.52. The molecule has 0 aromatic carbocycles. The fourth-order valence-electron chi connectivity index (χ4n) is 3.35. The first-order valence-electron chi connectivity index (χ1n) is 10.5. The number of hydrogen-bond donors (Lipinski definition) is 5. The number of aliphatic hydroxyl groups is 2. The molecule has 1 aromatic rings. The van der Waals surface area contributed by atoms with Gasteiger partial charge < -0.3 is 40.4 Å². The molecule has 0 aliphatic carbocycles. The zero-order valence-corrected chi connectivity index (χ0v) is 19.1. The lowest BCUT2D eigenvalue weighted by molar-refractivity contribution is -0.0528. The van der Waals surface area contributed by atoms with E-state index in [1.54, 1.807) is 0 Å². The molecule has 2 heterocycles. The van der Waals surface area contributed by atoms with Crippen molar-refractivity contribution in [1.29, 1.82) is 0 Å². The van der Waals surface area contributed by atoms with E-state index in [0.29, 0.717) is 19.6 Å². The molecule has 0 bridgehead atoms. The Bertz CT molecular complexity index is 856. The quantitative estimate of drug-likeness (QED) is 0.185. The van der Waals surface area contributed by atoms with E-state index in [4.69, 9.17) is 25.3 Å². The summed E-state index contributed by atoms with van der Waals surface area (Å²) in [6.07, 6.45) is -2.35. The molecular formula is C18H34N5O8P. The number of hydrogen-bond acceptors (Lipinski definition) is 11. The number of aromatic amines is 1. The topological polar surface area (TPSA) is 195 Å². The van der Waals surface area contributed by atoms with Crippen molar-refractivity contribution in [3.8, 4) is 0 Å². The SMILES string of the molecule is COP(=O)(CCN(CCCN)CCCN)OCC1OC(n2ccc(=O)[nH]c2=O)C(O)C1O. The Morgan fingerprint density at radius 3 is 2.41 bits per heavy atom. The van der Waals surface area contributed by atoms with Gasteiger partial charge in [0.1, 0.15) is 18.3 Å². The summed E-state index contributed by atoms with van der Waals surface area (Å²) in [6, 6.07) is 1.09. The monoisotopic (exact) mass is 479 g/mol. The summed E-state index contributed by atoms with van der Waals surface area (Å²) in [5.41, 5.74) is 9.74. The average molecular weight is 479 g/mol. The number of nitrogens with two attached hydrogens (primary N) is 2. The summed E-state index contributed by atoms with van der Waals surface area (Å²) in [5, 5.41) is 20.6. The molecule has 7 N–H and O–H groups in total. The van der Waals surface area contributed by atoms with E-state index in [1.807, 2.05) is 0 Å². The first-order chi connectivity index (χ1) is 15.2. The Labute approximate surface area is 185 Å². The van der Waals surface area contributed by atoms with Gasteiger partial charge in [-0.15, -0.1) is 0 Å². The second-order valence-electron chi connectivity index (χ2n) is 7.50. The molecule has 0 spiro atoms. The minimum absolute atomic E-state index is 0.104. The highest BCUT2D eigenvalue weighted by Crippen LogP contribution is 2.47. The van der Waals surface area contributed by atoms with Gasteiger partial charge in [-0.25, -0.2) is 4.79 Å². The Morgan fingerprint density at radius 2 is 1.84 bits per heavy atom. The highest BCUT2D eigenvalue weighted by molar-refractivity contribution is 7.53. The highest BCUT2D eigenvalue weighted by Gasteiger charge is 2.45. The van der Waals surface area contributed by atoms with Crippen LogP contribution >= 0.6 is 7.60 Å². The molecule has 5 unspecified atom stereocenters. The van der Waals surface area contributed by atoms with E-state index >= 15 is 0 Å². The molecule has 1 saturated heterocycles. The van der Waals surface area contributed by atoms with Crippen molar-refractivity contribution in [2.75, 3.05) is 52.6 Å². The predicted molar refractivity (Wildman–Crippen MR) is 116 cm³/mol. The van der Waals surface area contributed by atoms with Gasteiger partial charge in [0.2, 0.25) is 0 Å². The number of nitrogens with zero attached hydrogens (tertiary/aromatic N) is 2. The van der Waals surface area contributed by atoms with Gasteiger partial charge in [0.15, 0.2) is 6.23 Å². The van der Waals surface area contributed by atoms with Crippen LogP contribution in [0.5, 0.6) is 0 Å². The standard InChI is InChI=1S/C18H34N5O8P/c1-29-32(28,11-10-22(7-2-5-19)8-3-6-20)30-12-13-15(25)16(26)17(31-13)23-9-4-14(24)21-18(23)27/h4,9,13,15-17,25-26H,2-3,5-8,10-12,19-20H2,1H3,(H,21,24,27). The van der Waals surface area contributed by atoms with Crippen LogP contribution in [-0.2, 0) is 18.3 Å². The molecule has 5 atom stereocenters. The summed E-state index contributed by atoms with van der Waals surface area (Å²) in [7, 11) is -2.25. The van der Waals surface area contributed by atoms with Crippen molar-refractivity contribution in [3.63, 3.8) is 0 Å². The first-order valence-corrected chi connectivity index (χ1v) is 12.2. The molecule has 1 aromatic heterocycles. The summed E-state index contributed by atoms with van der Waals surface area (Å²) in [4.78, 5) is 27.3. The zero-order chi connectivity index (χ0) is 23.7. The second kappa shape index (κ2) is 12.7. The lowest BCUT2D eigenvalue weighted by Crippen LogP contribution is -2.37. The average Bonchev–Trinajstić information content (AvgIpc) is 3.05. The summed E-state index contributed by atoms with van der Waals surface area (Å²) in [6.45, 7) is 2.65. The third kappa shape index (κ3) is 7.30. The van der Waals surface area contributed by atoms with E-state index in [0.717, 1.165) is 42.8 Å². The Balaban J connectivity index is 1.97. The van der Waals surface area contributed by atoms with E-state index in [2.05, 4.69) is 9.88 Å². The molecule has 13 nitrogen and oxygen atoms in total. The van der Waals surface area contributed by atoms with Crippen molar-refractivity contribution in [2.45, 2.75) is 37.4 Å². The molecule has 184 valence electrons. The van der Waals surface area contributed by atoms with Crippen molar-refractivity contribution >= 4 is 7.60 Å². The van der Waals surface area contributed by atoms with Gasteiger partial charge in [-0.2, -0.15) is 0 Å². The fourth-order valence-corrected chi connectivity index (χ4v) is 4.67. The largest absolute Gasteiger partial charge is 0.387 e. The van der Waals surface area contributed by atoms with Gasteiger partial charge >= 0.3 is 13.3 Å². The number of rotatable bonds is 14. The van der Waals surface area contributed by atoms with E-state index in [-0.39, 0.29) is 12.8 Å². The van der Waals surface area contributed by atoms with Gasteiger partial charge in [0.05, 0.1) is 12.8 Å². The van der Waals surface area contributed by atoms with E-state index in [1.165, 1.54) is 7.11 Å². The maximum Gasteiger partial charge on any atom is 0.331 e. The van der Waals surface area contributed by atoms with Crippen LogP contribution in [-0.4, -0.2) is 95.6 Å². The van der Waals surface area contributed by atoms with Crippen molar-refractivity contribution in [1.82, 2.24) is 14.5 Å². The Hall–Kier alpha value is -1.41. The fraction of sp³-hybridized carbons (Fsp3) is 0.778. The summed E-state index contributed by atoms with van der Waals surface area (Å²) >= 11 is 0. The Morgan fingerprint density at radius 1 is 1.19 bits per heavy atom. The molecule has 32 heavy (non-hydrogen) atoms.